The van der Waals surface area contributed by atoms with E-state index in [2.05, 4.69) is 55.2 Å². The molecule has 0 aliphatic heterocycles. The average molecular weight is 288 g/mol. The molecule has 1 heterocycles. The Morgan fingerprint density at radius 1 is 1.24 bits per heavy atom. The summed E-state index contributed by atoms with van der Waals surface area (Å²) in [6.07, 6.45) is 0. The molecule has 0 saturated carbocycles. The second kappa shape index (κ2) is 6.26. The standard InChI is InChI=1S/C16H24N4O/c1-12(16(2,3)11-20(4)5)17-15-18-14(21-19-15)13-9-7-6-8-10-13/h6-10,12H,11H2,1-5H3,(H,17,19). The minimum Gasteiger partial charge on any atom is -0.349 e. The summed E-state index contributed by atoms with van der Waals surface area (Å²) in [5.74, 6) is 1.07. The molecule has 21 heavy (non-hydrogen) atoms. The van der Waals surface area contributed by atoms with Gasteiger partial charge >= 0.3 is 0 Å². The normalized spacial score (nSPS) is 13.4. The first-order chi connectivity index (χ1) is 9.88. The van der Waals surface area contributed by atoms with Gasteiger partial charge in [0.1, 0.15) is 0 Å². The molecular formula is C16H24N4O. The largest absolute Gasteiger partial charge is 0.349 e. The lowest BCUT2D eigenvalue weighted by Crippen LogP contribution is -2.41. The van der Waals surface area contributed by atoms with Crippen LogP contribution in [0.5, 0.6) is 0 Å². The molecule has 0 spiro atoms. The number of aromatic nitrogens is 2. The molecule has 0 radical (unpaired) electrons. The third kappa shape index (κ3) is 4.04. The van der Waals surface area contributed by atoms with Gasteiger partial charge in [-0.15, -0.1) is 0 Å². The van der Waals surface area contributed by atoms with E-state index in [1.165, 1.54) is 0 Å². The minimum absolute atomic E-state index is 0.0943. The van der Waals surface area contributed by atoms with Crippen LogP contribution in [0.3, 0.4) is 0 Å². The van der Waals surface area contributed by atoms with Gasteiger partial charge in [-0.25, -0.2) is 0 Å². The van der Waals surface area contributed by atoms with Crippen molar-refractivity contribution in [3.63, 3.8) is 0 Å². The van der Waals surface area contributed by atoms with Crippen molar-refractivity contribution in [1.82, 2.24) is 15.0 Å². The number of nitrogens with one attached hydrogen (secondary N) is 1. The molecule has 0 aliphatic carbocycles. The van der Waals surface area contributed by atoms with Gasteiger partial charge in [0.05, 0.1) is 0 Å². The number of hydrogen-bond acceptors (Lipinski definition) is 5. The molecule has 1 unspecified atom stereocenters. The van der Waals surface area contributed by atoms with Gasteiger partial charge in [0.2, 0.25) is 0 Å². The van der Waals surface area contributed by atoms with Gasteiger partial charge in [-0.3, -0.25) is 0 Å². The quantitative estimate of drug-likeness (QED) is 0.885. The molecule has 114 valence electrons. The fraction of sp³-hybridized carbons (Fsp3) is 0.500. The third-order valence-electron chi connectivity index (χ3n) is 3.69. The zero-order valence-electron chi connectivity index (χ0n) is 13.4. The predicted molar refractivity (Wildman–Crippen MR) is 85.2 cm³/mol. The van der Waals surface area contributed by atoms with Gasteiger partial charge in [-0.1, -0.05) is 32.0 Å². The Hall–Kier alpha value is -1.88. The van der Waals surface area contributed by atoms with Crippen LogP contribution in [0.15, 0.2) is 34.9 Å². The van der Waals surface area contributed by atoms with Crippen molar-refractivity contribution in [1.29, 1.82) is 0 Å². The zero-order chi connectivity index (χ0) is 15.5. The van der Waals surface area contributed by atoms with E-state index >= 15 is 0 Å². The van der Waals surface area contributed by atoms with Crippen LogP contribution >= 0.6 is 0 Å². The molecule has 0 fully saturated rings. The maximum absolute atomic E-state index is 5.31. The average Bonchev–Trinajstić information content (AvgIpc) is 2.87. The van der Waals surface area contributed by atoms with Gasteiger partial charge < -0.3 is 14.7 Å². The summed E-state index contributed by atoms with van der Waals surface area (Å²) in [6.45, 7) is 7.57. The summed E-state index contributed by atoms with van der Waals surface area (Å²) in [5.41, 5.74) is 1.02. The van der Waals surface area contributed by atoms with E-state index in [1.54, 1.807) is 0 Å². The molecule has 0 saturated heterocycles. The second-order valence-corrected chi connectivity index (χ2v) is 6.38. The maximum atomic E-state index is 5.31. The second-order valence-electron chi connectivity index (χ2n) is 6.38. The highest BCUT2D eigenvalue weighted by Gasteiger charge is 2.27. The summed E-state index contributed by atoms with van der Waals surface area (Å²) < 4.78 is 5.31. The zero-order valence-corrected chi connectivity index (χ0v) is 13.4. The number of nitrogens with zero attached hydrogens (tertiary/aromatic N) is 3. The molecule has 2 aromatic rings. The molecule has 0 amide bonds. The number of benzene rings is 1. The van der Waals surface area contributed by atoms with Crippen LogP contribution in [0.25, 0.3) is 11.5 Å². The van der Waals surface area contributed by atoms with Crippen LogP contribution in [0.1, 0.15) is 20.8 Å². The van der Waals surface area contributed by atoms with E-state index in [0.29, 0.717) is 11.8 Å². The van der Waals surface area contributed by atoms with E-state index in [0.717, 1.165) is 12.1 Å². The minimum atomic E-state index is 0.0943. The van der Waals surface area contributed by atoms with E-state index in [4.69, 9.17) is 4.52 Å². The molecule has 1 atom stereocenters. The van der Waals surface area contributed by atoms with Gasteiger partial charge in [0.15, 0.2) is 0 Å². The van der Waals surface area contributed by atoms with Crippen molar-refractivity contribution in [3.05, 3.63) is 30.3 Å². The van der Waals surface area contributed by atoms with Gasteiger partial charge in [-0.2, -0.15) is 4.98 Å². The monoisotopic (exact) mass is 288 g/mol. The Labute approximate surface area is 126 Å². The lowest BCUT2D eigenvalue weighted by atomic mass is 9.85. The van der Waals surface area contributed by atoms with Crippen LogP contribution in [0, 0.1) is 5.41 Å². The van der Waals surface area contributed by atoms with Crippen molar-refractivity contribution in [2.45, 2.75) is 26.8 Å². The van der Waals surface area contributed by atoms with Gasteiger partial charge in [-0.05, 0) is 43.7 Å². The maximum Gasteiger partial charge on any atom is 0.263 e. The van der Waals surface area contributed by atoms with Crippen LogP contribution in [0.2, 0.25) is 0 Å². The fourth-order valence-corrected chi connectivity index (χ4v) is 2.32. The molecular weight excluding hydrogens is 264 g/mol. The smallest absolute Gasteiger partial charge is 0.263 e. The van der Waals surface area contributed by atoms with Crippen molar-refractivity contribution < 1.29 is 4.52 Å². The topological polar surface area (TPSA) is 54.2 Å². The first-order valence-corrected chi connectivity index (χ1v) is 7.19. The lowest BCUT2D eigenvalue weighted by Gasteiger charge is -2.34. The summed E-state index contributed by atoms with van der Waals surface area (Å²) in [7, 11) is 4.16. The highest BCUT2D eigenvalue weighted by molar-refractivity contribution is 5.53. The summed E-state index contributed by atoms with van der Waals surface area (Å²) in [6, 6.07) is 10.0. The summed E-state index contributed by atoms with van der Waals surface area (Å²) in [4.78, 5) is 6.59. The first kappa shape index (κ1) is 15.5. The summed E-state index contributed by atoms with van der Waals surface area (Å²) >= 11 is 0. The predicted octanol–water partition coefficient (Wildman–Crippen LogP) is 3.12. The van der Waals surface area contributed by atoms with E-state index in [-0.39, 0.29) is 11.5 Å². The SMILES string of the molecule is CC(Nc1noc(-c2ccccc2)n1)C(C)(C)CN(C)C. The molecule has 2 rings (SSSR count). The van der Waals surface area contributed by atoms with Crippen LogP contribution in [-0.2, 0) is 0 Å². The molecule has 1 aromatic heterocycles. The molecule has 0 bridgehead atoms. The highest BCUT2D eigenvalue weighted by Crippen LogP contribution is 2.25. The Morgan fingerprint density at radius 3 is 2.52 bits per heavy atom. The highest BCUT2D eigenvalue weighted by atomic mass is 16.5. The Morgan fingerprint density at radius 2 is 1.90 bits per heavy atom. The Bertz CT molecular complexity index is 563. The molecule has 1 aromatic carbocycles. The number of rotatable bonds is 6. The third-order valence-corrected chi connectivity index (χ3v) is 3.69. The van der Waals surface area contributed by atoms with Crippen molar-refractivity contribution >= 4 is 5.95 Å². The van der Waals surface area contributed by atoms with Crippen LogP contribution < -0.4 is 5.32 Å². The molecule has 1 N–H and O–H groups in total. The van der Waals surface area contributed by atoms with E-state index < -0.39 is 0 Å². The van der Waals surface area contributed by atoms with Gasteiger partial charge in [0, 0.05) is 18.2 Å². The number of anilines is 1. The Kier molecular flexibility index (Phi) is 4.63. The van der Waals surface area contributed by atoms with E-state index in [1.807, 2.05) is 30.3 Å². The first-order valence-electron chi connectivity index (χ1n) is 7.19. The molecule has 5 heteroatoms. The summed E-state index contributed by atoms with van der Waals surface area (Å²) in [5, 5.41) is 7.35. The van der Waals surface area contributed by atoms with Crippen molar-refractivity contribution in [3.8, 4) is 11.5 Å². The van der Waals surface area contributed by atoms with E-state index in [9.17, 15) is 0 Å². The fourth-order valence-electron chi connectivity index (χ4n) is 2.32. The Balaban J connectivity index is 2.06. The van der Waals surface area contributed by atoms with Crippen molar-refractivity contribution in [2.24, 2.45) is 5.41 Å². The number of hydrogen-bond donors (Lipinski definition) is 1. The molecule has 0 aliphatic rings. The molecule has 5 nitrogen and oxygen atoms in total. The van der Waals surface area contributed by atoms with Crippen molar-refractivity contribution in [2.75, 3.05) is 26.0 Å². The van der Waals surface area contributed by atoms with Crippen LogP contribution in [-0.4, -0.2) is 41.7 Å². The van der Waals surface area contributed by atoms with Crippen LogP contribution in [0.4, 0.5) is 5.95 Å². The van der Waals surface area contributed by atoms with Gasteiger partial charge in [0.25, 0.3) is 11.8 Å². The lowest BCUT2D eigenvalue weighted by molar-refractivity contribution is 0.216.